The molecular formula is C13H9ClFN3O. The van der Waals surface area contributed by atoms with Gasteiger partial charge in [-0.25, -0.2) is 0 Å². The third kappa shape index (κ3) is 2.29. The molecule has 0 bridgehead atoms. The smallest absolute Gasteiger partial charge is 0.233 e. The molecule has 1 N–H and O–H groups in total. The summed E-state index contributed by atoms with van der Waals surface area (Å²) in [5.41, 5.74) is 2.02. The summed E-state index contributed by atoms with van der Waals surface area (Å²) in [7, 11) is 0. The highest BCUT2D eigenvalue weighted by Crippen LogP contribution is 2.37. The Labute approximate surface area is 113 Å². The zero-order chi connectivity index (χ0) is 13.4. The van der Waals surface area contributed by atoms with E-state index >= 15 is 0 Å². The second kappa shape index (κ2) is 4.59. The Bertz CT molecular complexity index is 662. The molecule has 0 fully saturated rings. The summed E-state index contributed by atoms with van der Waals surface area (Å²) in [6, 6.07) is 5.48. The van der Waals surface area contributed by atoms with Gasteiger partial charge in [-0.2, -0.15) is 9.37 Å². The molecule has 0 radical (unpaired) electrons. The Kier molecular flexibility index (Phi) is 2.91. The van der Waals surface area contributed by atoms with Crippen molar-refractivity contribution < 1.29 is 9.18 Å². The SMILES string of the molecule is O=C(Nc1cncc(F)n1)C1Cc2ccc(Cl)cc21. The van der Waals surface area contributed by atoms with Crippen molar-refractivity contribution in [3.63, 3.8) is 0 Å². The van der Waals surface area contributed by atoms with Crippen molar-refractivity contribution in [3.05, 3.63) is 52.7 Å². The first-order valence-electron chi connectivity index (χ1n) is 5.70. The summed E-state index contributed by atoms with van der Waals surface area (Å²) in [6.07, 6.45) is 2.94. The van der Waals surface area contributed by atoms with Gasteiger partial charge in [0, 0.05) is 5.02 Å². The molecule has 4 nitrogen and oxygen atoms in total. The average Bonchev–Trinajstić information content (AvgIpc) is 2.33. The normalized spacial score (nSPS) is 16.4. The molecule has 0 saturated heterocycles. The molecule has 0 saturated carbocycles. The van der Waals surface area contributed by atoms with Crippen molar-refractivity contribution in [1.82, 2.24) is 9.97 Å². The number of halogens is 2. The summed E-state index contributed by atoms with van der Waals surface area (Å²) >= 11 is 5.90. The number of aromatic nitrogens is 2. The first-order chi connectivity index (χ1) is 9.13. The standard InChI is InChI=1S/C13H9ClFN3O/c14-8-2-1-7-3-10(9(7)4-8)13(19)18-12-6-16-5-11(15)17-12/h1-2,4-6,10H,3H2,(H,17,18,19). The van der Waals surface area contributed by atoms with Gasteiger partial charge in [-0.3, -0.25) is 9.78 Å². The lowest BCUT2D eigenvalue weighted by molar-refractivity contribution is -0.118. The van der Waals surface area contributed by atoms with Crippen molar-refractivity contribution in [3.8, 4) is 0 Å². The lowest BCUT2D eigenvalue weighted by atomic mass is 9.77. The number of rotatable bonds is 2. The van der Waals surface area contributed by atoms with Crippen molar-refractivity contribution >= 4 is 23.3 Å². The number of carbonyl (C=O) groups excluding carboxylic acids is 1. The Balaban J connectivity index is 1.76. The Morgan fingerprint density at radius 2 is 2.26 bits per heavy atom. The summed E-state index contributed by atoms with van der Waals surface area (Å²) in [6.45, 7) is 0. The quantitative estimate of drug-likeness (QED) is 0.918. The fourth-order valence-corrected chi connectivity index (χ4v) is 2.31. The Morgan fingerprint density at radius 1 is 1.42 bits per heavy atom. The number of hydrogen-bond donors (Lipinski definition) is 1. The molecule has 1 aromatic carbocycles. The van der Waals surface area contributed by atoms with Gasteiger partial charge in [0.15, 0.2) is 5.82 Å². The minimum atomic E-state index is -0.727. The van der Waals surface area contributed by atoms with Gasteiger partial charge >= 0.3 is 0 Å². The van der Waals surface area contributed by atoms with Gasteiger partial charge in [0.1, 0.15) is 0 Å². The van der Waals surface area contributed by atoms with Crippen LogP contribution in [0.25, 0.3) is 0 Å². The van der Waals surface area contributed by atoms with E-state index in [1.165, 1.54) is 6.20 Å². The van der Waals surface area contributed by atoms with E-state index in [1.54, 1.807) is 12.1 Å². The van der Waals surface area contributed by atoms with Crippen molar-refractivity contribution in [2.45, 2.75) is 12.3 Å². The number of benzene rings is 1. The van der Waals surface area contributed by atoms with E-state index in [2.05, 4.69) is 15.3 Å². The monoisotopic (exact) mass is 277 g/mol. The van der Waals surface area contributed by atoms with Crippen LogP contribution in [0, 0.1) is 5.95 Å². The molecule has 19 heavy (non-hydrogen) atoms. The number of nitrogens with zero attached hydrogens (tertiary/aromatic N) is 2. The van der Waals surface area contributed by atoms with Gasteiger partial charge in [-0.1, -0.05) is 17.7 Å². The van der Waals surface area contributed by atoms with Crippen LogP contribution in [-0.2, 0) is 11.2 Å². The Hall–Kier alpha value is -2.01. The predicted molar refractivity (Wildman–Crippen MR) is 68.5 cm³/mol. The first-order valence-corrected chi connectivity index (χ1v) is 6.08. The van der Waals surface area contributed by atoms with E-state index in [4.69, 9.17) is 11.6 Å². The van der Waals surface area contributed by atoms with E-state index in [1.807, 2.05) is 6.07 Å². The number of anilines is 1. The number of nitrogens with one attached hydrogen (secondary N) is 1. The number of amides is 1. The van der Waals surface area contributed by atoms with E-state index in [9.17, 15) is 9.18 Å². The molecule has 0 aliphatic heterocycles. The number of carbonyl (C=O) groups is 1. The van der Waals surface area contributed by atoms with Crippen LogP contribution in [0.5, 0.6) is 0 Å². The van der Waals surface area contributed by atoms with Crippen molar-refractivity contribution in [2.75, 3.05) is 5.32 Å². The molecule has 1 aliphatic carbocycles. The molecule has 3 rings (SSSR count). The molecule has 6 heteroatoms. The second-order valence-electron chi connectivity index (χ2n) is 4.32. The minimum Gasteiger partial charge on any atom is -0.309 e. The Morgan fingerprint density at radius 3 is 3.05 bits per heavy atom. The average molecular weight is 278 g/mol. The highest BCUT2D eigenvalue weighted by atomic mass is 35.5. The van der Waals surface area contributed by atoms with E-state index < -0.39 is 5.95 Å². The molecule has 2 aromatic rings. The van der Waals surface area contributed by atoms with Crippen LogP contribution in [0.3, 0.4) is 0 Å². The fraction of sp³-hybridized carbons (Fsp3) is 0.154. The van der Waals surface area contributed by atoms with Crippen LogP contribution >= 0.6 is 11.6 Å². The zero-order valence-corrected chi connectivity index (χ0v) is 10.5. The predicted octanol–water partition coefficient (Wildman–Crippen LogP) is 2.55. The molecule has 1 aliphatic rings. The summed E-state index contributed by atoms with van der Waals surface area (Å²) in [4.78, 5) is 19.2. The molecule has 0 spiro atoms. The van der Waals surface area contributed by atoms with Gasteiger partial charge in [0.05, 0.1) is 18.3 Å². The third-order valence-electron chi connectivity index (χ3n) is 3.08. The van der Waals surface area contributed by atoms with Crippen molar-refractivity contribution in [1.29, 1.82) is 0 Å². The highest BCUT2D eigenvalue weighted by molar-refractivity contribution is 6.30. The summed E-state index contributed by atoms with van der Waals surface area (Å²) in [5.74, 6) is -1.11. The molecule has 1 amide bonds. The molecule has 1 unspecified atom stereocenters. The fourth-order valence-electron chi connectivity index (χ4n) is 2.12. The second-order valence-corrected chi connectivity index (χ2v) is 4.75. The molecule has 96 valence electrons. The maximum atomic E-state index is 12.9. The van der Waals surface area contributed by atoms with Crippen LogP contribution in [0.15, 0.2) is 30.6 Å². The maximum absolute atomic E-state index is 12.9. The molecule has 1 aromatic heterocycles. The minimum absolute atomic E-state index is 0.112. The molecular weight excluding hydrogens is 269 g/mol. The largest absolute Gasteiger partial charge is 0.309 e. The number of fused-ring (bicyclic) bond motifs is 1. The van der Waals surface area contributed by atoms with Crippen LogP contribution in [-0.4, -0.2) is 15.9 Å². The molecule has 1 heterocycles. The van der Waals surface area contributed by atoms with Crippen LogP contribution in [0.1, 0.15) is 17.0 Å². The van der Waals surface area contributed by atoms with E-state index in [0.29, 0.717) is 11.4 Å². The van der Waals surface area contributed by atoms with Crippen LogP contribution in [0.2, 0.25) is 5.02 Å². The van der Waals surface area contributed by atoms with Crippen LogP contribution in [0.4, 0.5) is 10.2 Å². The lowest BCUT2D eigenvalue weighted by Gasteiger charge is -2.29. The van der Waals surface area contributed by atoms with E-state index in [-0.39, 0.29) is 17.6 Å². The van der Waals surface area contributed by atoms with E-state index in [0.717, 1.165) is 17.3 Å². The third-order valence-corrected chi connectivity index (χ3v) is 3.32. The maximum Gasteiger partial charge on any atom is 0.233 e. The molecule has 1 atom stereocenters. The summed E-state index contributed by atoms with van der Waals surface area (Å²) in [5, 5.41) is 3.15. The zero-order valence-electron chi connectivity index (χ0n) is 9.73. The van der Waals surface area contributed by atoms with Gasteiger partial charge in [-0.15, -0.1) is 0 Å². The topological polar surface area (TPSA) is 54.9 Å². The van der Waals surface area contributed by atoms with Crippen LogP contribution < -0.4 is 5.32 Å². The van der Waals surface area contributed by atoms with Gasteiger partial charge in [-0.05, 0) is 29.7 Å². The highest BCUT2D eigenvalue weighted by Gasteiger charge is 2.32. The van der Waals surface area contributed by atoms with Gasteiger partial charge < -0.3 is 5.32 Å². The lowest BCUT2D eigenvalue weighted by Crippen LogP contribution is -2.30. The van der Waals surface area contributed by atoms with Gasteiger partial charge in [0.2, 0.25) is 11.9 Å². The summed E-state index contributed by atoms with van der Waals surface area (Å²) < 4.78 is 12.9. The van der Waals surface area contributed by atoms with Gasteiger partial charge in [0.25, 0.3) is 0 Å². The van der Waals surface area contributed by atoms with Crippen molar-refractivity contribution in [2.24, 2.45) is 0 Å². The first kappa shape index (κ1) is 12.0. The number of hydrogen-bond acceptors (Lipinski definition) is 3.